The van der Waals surface area contributed by atoms with Gasteiger partial charge < -0.3 is 0 Å². The Balaban J connectivity index is 2.90. The molecule has 0 N–H and O–H groups in total. The molecule has 120 valence electrons. The van der Waals surface area contributed by atoms with E-state index in [1.807, 2.05) is 6.92 Å². The van der Waals surface area contributed by atoms with Gasteiger partial charge in [0.05, 0.1) is 0 Å². The molecular weight excluding hydrogens is 383 g/mol. The Morgan fingerprint density at radius 2 is 1.86 bits per heavy atom. The Kier molecular flexibility index (Phi) is 7.54. The highest BCUT2D eigenvalue weighted by atomic mass is 127. The van der Waals surface area contributed by atoms with E-state index in [-0.39, 0.29) is 5.41 Å². The summed E-state index contributed by atoms with van der Waals surface area (Å²) in [5, 5.41) is 0. The Morgan fingerprint density at radius 1 is 1.18 bits per heavy atom. The molecule has 1 aliphatic carbocycles. The second-order valence-electron chi connectivity index (χ2n) is 6.68. The van der Waals surface area contributed by atoms with Crippen LogP contribution in [0.3, 0.4) is 0 Å². The third kappa shape index (κ3) is 5.71. The van der Waals surface area contributed by atoms with Gasteiger partial charge in [-0.3, -0.25) is 4.79 Å². The second-order valence-corrected chi connectivity index (χ2v) is 7.84. The summed E-state index contributed by atoms with van der Waals surface area (Å²) in [4.78, 5) is 10.5. The highest BCUT2D eigenvalue weighted by molar-refractivity contribution is 14.1. The molecule has 0 aromatic rings. The molecular formula is C20H27IO. The SMILES string of the molecule is CC1=C(/C=C/C(C)=C/C=C(I)\C(C)=C\C=O)C(C)(C)CCC1. The van der Waals surface area contributed by atoms with Crippen LogP contribution in [0.4, 0.5) is 0 Å². The van der Waals surface area contributed by atoms with Crippen LogP contribution in [0.25, 0.3) is 0 Å². The third-order valence-electron chi connectivity index (χ3n) is 4.24. The van der Waals surface area contributed by atoms with Gasteiger partial charge in [0.1, 0.15) is 6.29 Å². The normalized spacial score (nSPS) is 20.7. The minimum Gasteiger partial charge on any atom is -0.299 e. The minimum absolute atomic E-state index is 0.284. The van der Waals surface area contributed by atoms with Crippen molar-refractivity contribution in [1.82, 2.24) is 0 Å². The van der Waals surface area contributed by atoms with E-state index in [1.165, 1.54) is 36.0 Å². The highest BCUT2D eigenvalue weighted by Gasteiger charge is 2.26. The molecule has 0 aromatic heterocycles. The van der Waals surface area contributed by atoms with E-state index in [1.54, 1.807) is 6.08 Å². The maximum absolute atomic E-state index is 10.5. The molecule has 0 bridgehead atoms. The van der Waals surface area contributed by atoms with Gasteiger partial charge in [0.25, 0.3) is 0 Å². The first kappa shape index (κ1) is 19.1. The largest absolute Gasteiger partial charge is 0.299 e. The first-order valence-electron chi connectivity index (χ1n) is 7.83. The van der Waals surface area contributed by atoms with Crippen molar-refractivity contribution in [2.24, 2.45) is 5.41 Å². The molecule has 0 aliphatic heterocycles. The summed E-state index contributed by atoms with van der Waals surface area (Å²) in [6.45, 7) is 11.0. The molecule has 1 rings (SSSR count). The summed E-state index contributed by atoms with van der Waals surface area (Å²) >= 11 is 2.26. The first-order chi connectivity index (χ1) is 10.3. The zero-order valence-electron chi connectivity index (χ0n) is 14.4. The number of hydrogen-bond acceptors (Lipinski definition) is 1. The Bertz CT molecular complexity index is 569. The molecule has 0 amide bonds. The van der Waals surface area contributed by atoms with Crippen LogP contribution in [0, 0.1) is 5.41 Å². The van der Waals surface area contributed by atoms with Crippen LogP contribution >= 0.6 is 22.6 Å². The topological polar surface area (TPSA) is 17.1 Å². The van der Waals surface area contributed by atoms with Crippen molar-refractivity contribution >= 4 is 28.9 Å². The number of hydrogen-bond donors (Lipinski definition) is 0. The molecule has 0 aromatic carbocycles. The summed E-state index contributed by atoms with van der Waals surface area (Å²) in [5.74, 6) is 0. The van der Waals surface area contributed by atoms with Crippen LogP contribution in [-0.4, -0.2) is 6.29 Å². The molecule has 1 nitrogen and oxygen atoms in total. The lowest BCUT2D eigenvalue weighted by atomic mass is 9.72. The van der Waals surface area contributed by atoms with Crippen molar-refractivity contribution in [1.29, 1.82) is 0 Å². The third-order valence-corrected chi connectivity index (χ3v) is 5.45. The summed E-state index contributed by atoms with van der Waals surface area (Å²) in [7, 11) is 0. The monoisotopic (exact) mass is 410 g/mol. The molecule has 0 atom stereocenters. The van der Waals surface area contributed by atoms with Gasteiger partial charge in [-0.25, -0.2) is 0 Å². The molecule has 0 spiro atoms. The smallest absolute Gasteiger partial charge is 0.143 e. The fourth-order valence-electron chi connectivity index (χ4n) is 2.80. The number of halogens is 1. The van der Waals surface area contributed by atoms with Crippen molar-refractivity contribution in [2.45, 2.75) is 53.9 Å². The van der Waals surface area contributed by atoms with Crippen LogP contribution in [0.2, 0.25) is 0 Å². The number of aldehydes is 1. The predicted molar refractivity (Wildman–Crippen MR) is 105 cm³/mol. The maximum Gasteiger partial charge on any atom is 0.143 e. The van der Waals surface area contributed by atoms with Gasteiger partial charge in [0.2, 0.25) is 0 Å². The number of carbonyl (C=O) groups is 1. The summed E-state index contributed by atoms with van der Waals surface area (Å²) in [5.41, 5.74) is 5.51. The van der Waals surface area contributed by atoms with E-state index in [2.05, 4.69) is 74.6 Å². The van der Waals surface area contributed by atoms with Gasteiger partial charge in [-0.15, -0.1) is 0 Å². The Labute approximate surface area is 149 Å². The fourth-order valence-corrected chi connectivity index (χ4v) is 3.16. The molecule has 0 saturated heterocycles. The fraction of sp³-hybridized carbons (Fsp3) is 0.450. The van der Waals surface area contributed by atoms with Gasteiger partial charge in [-0.2, -0.15) is 0 Å². The maximum atomic E-state index is 10.5. The quantitative estimate of drug-likeness (QED) is 0.219. The molecule has 0 saturated carbocycles. The number of carbonyl (C=O) groups excluding carboxylic acids is 1. The number of rotatable bonds is 5. The van der Waals surface area contributed by atoms with E-state index in [9.17, 15) is 4.79 Å². The van der Waals surface area contributed by atoms with Gasteiger partial charge in [0, 0.05) is 3.58 Å². The summed E-state index contributed by atoms with van der Waals surface area (Å²) < 4.78 is 1.09. The Morgan fingerprint density at radius 3 is 2.45 bits per heavy atom. The Hall–Kier alpha value is -0.900. The molecule has 0 radical (unpaired) electrons. The zero-order chi connectivity index (χ0) is 16.8. The van der Waals surface area contributed by atoms with Gasteiger partial charge >= 0.3 is 0 Å². The average Bonchev–Trinajstić information content (AvgIpc) is 2.43. The van der Waals surface area contributed by atoms with Crippen molar-refractivity contribution in [3.05, 3.63) is 56.3 Å². The lowest BCUT2D eigenvalue weighted by Crippen LogP contribution is -2.19. The minimum atomic E-state index is 0.284. The van der Waals surface area contributed by atoms with Gasteiger partial charge in [-0.1, -0.05) is 43.2 Å². The lowest BCUT2D eigenvalue weighted by Gasteiger charge is -2.32. The molecule has 0 unspecified atom stereocenters. The van der Waals surface area contributed by atoms with E-state index < -0.39 is 0 Å². The second kappa shape index (κ2) is 8.66. The van der Waals surface area contributed by atoms with Crippen LogP contribution < -0.4 is 0 Å². The van der Waals surface area contributed by atoms with Crippen LogP contribution in [0.15, 0.2) is 56.3 Å². The van der Waals surface area contributed by atoms with Crippen LogP contribution in [0.5, 0.6) is 0 Å². The van der Waals surface area contributed by atoms with E-state index in [4.69, 9.17) is 0 Å². The summed E-state index contributed by atoms with van der Waals surface area (Å²) in [6.07, 6.45) is 14.9. The standard InChI is InChI=1S/C20H27IO/c1-15(9-11-19(21)17(3)12-14-22)8-10-18-16(2)7-6-13-20(18,4)5/h8-12,14H,6-7,13H2,1-5H3/b10-8+,15-9+,17-12+,19-11+. The highest BCUT2D eigenvalue weighted by Crippen LogP contribution is 2.40. The molecule has 1 aliphatic rings. The number of allylic oxidation sites excluding steroid dienone is 10. The van der Waals surface area contributed by atoms with Crippen molar-refractivity contribution in [3.63, 3.8) is 0 Å². The van der Waals surface area contributed by atoms with Gasteiger partial charge in [-0.05, 0) is 91.3 Å². The van der Waals surface area contributed by atoms with E-state index in [0.717, 1.165) is 15.4 Å². The van der Waals surface area contributed by atoms with Gasteiger partial charge in [0.15, 0.2) is 0 Å². The summed E-state index contributed by atoms with van der Waals surface area (Å²) in [6, 6.07) is 0. The first-order valence-corrected chi connectivity index (χ1v) is 8.90. The lowest BCUT2D eigenvalue weighted by molar-refractivity contribution is -0.104. The predicted octanol–water partition coefficient (Wildman–Crippen LogP) is 6.48. The van der Waals surface area contributed by atoms with Crippen molar-refractivity contribution in [3.8, 4) is 0 Å². The average molecular weight is 410 g/mol. The van der Waals surface area contributed by atoms with Crippen molar-refractivity contribution in [2.75, 3.05) is 0 Å². The van der Waals surface area contributed by atoms with Crippen molar-refractivity contribution < 1.29 is 4.79 Å². The van der Waals surface area contributed by atoms with Crippen LogP contribution in [0.1, 0.15) is 53.9 Å². The molecule has 2 heteroatoms. The molecule has 0 heterocycles. The zero-order valence-corrected chi connectivity index (χ0v) is 16.5. The van der Waals surface area contributed by atoms with E-state index in [0.29, 0.717) is 0 Å². The van der Waals surface area contributed by atoms with Crippen LogP contribution in [-0.2, 0) is 4.79 Å². The molecule has 22 heavy (non-hydrogen) atoms. The van der Waals surface area contributed by atoms with E-state index >= 15 is 0 Å². The molecule has 0 fully saturated rings.